The first-order valence-corrected chi connectivity index (χ1v) is 8.58. The Morgan fingerprint density at radius 1 is 1.35 bits per heavy atom. The van der Waals surface area contributed by atoms with Gasteiger partial charge in [0.15, 0.2) is 5.16 Å². The van der Waals surface area contributed by atoms with Crippen LogP contribution in [-0.2, 0) is 17.0 Å². The number of halogens is 1. The van der Waals surface area contributed by atoms with Crippen molar-refractivity contribution in [3.05, 3.63) is 57.0 Å². The second kappa shape index (κ2) is 8.17. The zero-order chi connectivity index (χ0) is 16.8. The Balaban J connectivity index is 2.26. The van der Waals surface area contributed by atoms with Crippen molar-refractivity contribution in [1.82, 2.24) is 9.55 Å². The van der Waals surface area contributed by atoms with Crippen molar-refractivity contribution in [2.45, 2.75) is 31.3 Å². The van der Waals surface area contributed by atoms with Crippen LogP contribution in [0.15, 0.2) is 40.4 Å². The van der Waals surface area contributed by atoms with Gasteiger partial charge >= 0.3 is 5.97 Å². The fourth-order valence-corrected chi connectivity index (χ4v) is 3.29. The summed E-state index contributed by atoms with van der Waals surface area (Å²) in [6.45, 7) is 4.16. The first kappa shape index (κ1) is 17.6. The van der Waals surface area contributed by atoms with Gasteiger partial charge in [0.05, 0.1) is 12.8 Å². The molecular weight excluding hydrogens is 336 g/mol. The number of carbonyl (C=O) groups is 1. The van der Waals surface area contributed by atoms with E-state index in [-0.39, 0.29) is 17.7 Å². The van der Waals surface area contributed by atoms with Crippen LogP contribution in [0.3, 0.4) is 0 Å². The molecule has 23 heavy (non-hydrogen) atoms. The van der Waals surface area contributed by atoms with Crippen LogP contribution in [0, 0.1) is 0 Å². The van der Waals surface area contributed by atoms with Gasteiger partial charge in [-0.25, -0.2) is 9.78 Å². The van der Waals surface area contributed by atoms with Gasteiger partial charge in [-0.2, -0.15) is 0 Å². The van der Waals surface area contributed by atoms with E-state index in [0.29, 0.717) is 22.5 Å². The van der Waals surface area contributed by atoms with Crippen molar-refractivity contribution in [3.8, 4) is 0 Å². The largest absolute Gasteiger partial charge is 0.462 e. The lowest BCUT2D eigenvalue weighted by atomic mass is 10.2. The van der Waals surface area contributed by atoms with E-state index in [9.17, 15) is 9.59 Å². The Bertz CT molecular complexity index is 761. The van der Waals surface area contributed by atoms with Crippen LogP contribution >= 0.6 is 23.4 Å². The zero-order valence-corrected chi connectivity index (χ0v) is 14.5. The van der Waals surface area contributed by atoms with Gasteiger partial charge in [-0.15, -0.1) is 0 Å². The summed E-state index contributed by atoms with van der Waals surface area (Å²) >= 11 is 7.54. The molecule has 0 saturated carbocycles. The number of nitrogens with zero attached hydrogens (tertiary/aromatic N) is 2. The van der Waals surface area contributed by atoms with Gasteiger partial charge in [0, 0.05) is 17.3 Å². The number of rotatable bonds is 6. The van der Waals surface area contributed by atoms with Gasteiger partial charge in [-0.05, 0) is 25.5 Å². The van der Waals surface area contributed by atoms with E-state index in [0.717, 1.165) is 5.56 Å². The molecule has 0 atom stereocenters. The zero-order valence-electron chi connectivity index (χ0n) is 12.9. The van der Waals surface area contributed by atoms with Crippen molar-refractivity contribution in [1.29, 1.82) is 0 Å². The second-order valence-corrected chi connectivity index (χ2v) is 5.95. The van der Waals surface area contributed by atoms with Crippen molar-refractivity contribution >= 4 is 29.3 Å². The molecule has 0 unspecified atom stereocenters. The smallest absolute Gasteiger partial charge is 0.345 e. The van der Waals surface area contributed by atoms with Gasteiger partial charge in [-0.1, -0.05) is 41.6 Å². The Morgan fingerprint density at radius 2 is 2.09 bits per heavy atom. The van der Waals surface area contributed by atoms with Gasteiger partial charge in [0.1, 0.15) is 5.56 Å². The maximum Gasteiger partial charge on any atom is 0.345 e. The van der Waals surface area contributed by atoms with Gasteiger partial charge in [0.2, 0.25) is 0 Å². The lowest BCUT2D eigenvalue weighted by Crippen LogP contribution is -2.29. The number of benzene rings is 1. The SMILES string of the molecule is CCOC(=O)c1cnc(SCc2ccccc2Cl)n(CC)c1=O. The third kappa shape index (κ3) is 4.14. The third-order valence-corrected chi connectivity index (χ3v) is 4.54. The number of hydrogen-bond acceptors (Lipinski definition) is 5. The molecule has 0 aliphatic heterocycles. The lowest BCUT2D eigenvalue weighted by molar-refractivity contribution is 0.0522. The predicted octanol–water partition coefficient (Wildman–Crippen LogP) is 3.39. The molecule has 2 rings (SSSR count). The molecule has 5 nitrogen and oxygen atoms in total. The second-order valence-electron chi connectivity index (χ2n) is 4.60. The molecule has 2 aromatic rings. The summed E-state index contributed by atoms with van der Waals surface area (Å²) in [7, 11) is 0. The lowest BCUT2D eigenvalue weighted by Gasteiger charge is -2.11. The van der Waals surface area contributed by atoms with E-state index in [1.54, 1.807) is 6.92 Å². The maximum absolute atomic E-state index is 12.4. The van der Waals surface area contributed by atoms with E-state index in [2.05, 4.69) is 4.98 Å². The summed E-state index contributed by atoms with van der Waals surface area (Å²) in [5.74, 6) is -0.0555. The number of esters is 1. The predicted molar refractivity (Wildman–Crippen MR) is 91.1 cm³/mol. The van der Waals surface area contributed by atoms with E-state index in [4.69, 9.17) is 16.3 Å². The number of ether oxygens (including phenoxy) is 1. The standard InChI is InChI=1S/C16H17ClN2O3S/c1-3-19-14(20)12(15(21)22-4-2)9-18-16(19)23-10-11-7-5-6-8-13(11)17/h5-9H,3-4,10H2,1-2H3. The summed E-state index contributed by atoms with van der Waals surface area (Å²) < 4.78 is 6.34. The summed E-state index contributed by atoms with van der Waals surface area (Å²) in [5.41, 5.74) is 0.531. The fourth-order valence-electron chi connectivity index (χ4n) is 1.98. The minimum Gasteiger partial charge on any atom is -0.462 e. The highest BCUT2D eigenvalue weighted by Crippen LogP contribution is 2.24. The number of hydrogen-bond donors (Lipinski definition) is 0. The average Bonchev–Trinajstić information content (AvgIpc) is 2.54. The Kier molecular flexibility index (Phi) is 6.24. The fraction of sp³-hybridized carbons (Fsp3) is 0.312. The Hall–Kier alpha value is -1.79. The van der Waals surface area contributed by atoms with Gasteiger partial charge in [-0.3, -0.25) is 9.36 Å². The first-order chi connectivity index (χ1) is 11.1. The van der Waals surface area contributed by atoms with Crippen LogP contribution in [0.25, 0.3) is 0 Å². The third-order valence-electron chi connectivity index (χ3n) is 3.14. The van der Waals surface area contributed by atoms with Crippen LogP contribution in [0.5, 0.6) is 0 Å². The average molecular weight is 353 g/mol. The highest BCUT2D eigenvalue weighted by Gasteiger charge is 2.17. The molecule has 0 saturated heterocycles. The molecule has 122 valence electrons. The first-order valence-electron chi connectivity index (χ1n) is 7.21. The van der Waals surface area contributed by atoms with E-state index in [1.807, 2.05) is 31.2 Å². The monoisotopic (exact) mass is 352 g/mol. The van der Waals surface area contributed by atoms with Crippen LogP contribution < -0.4 is 5.56 Å². The summed E-state index contributed by atoms with van der Waals surface area (Å²) in [6, 6.07) is 7.52. The van der Waals surface area contributed by atoms with Gasteiger partial charge < -0.3 is 4.74 Å². The molecule has 1 aromatic heterocycles. The molecule has 0 bridgehead atoms. The van der Waals surface area contributed by atoms with E-state index in [1.165, 1.54) is 22.5 Å². The van der Waals surface area contributed by atoms with Crippen molar-refractivity contribution in [2.24, 2.45) is 0 Å². The minimum absolute atomic E-state index is 0.0456. The molecule has 1 aromatic carbocycles. The summed E-state index contributed by atoms with van der Waals surface area (Å²) in [5, 5.41) is 1.22. The van der Waals surface area contributed by atoms with Crippen LogP contribution in [0.4, 0.5) is 0 Å². The highest BCUT2D eigenvalue weighted by atomic mass is 35.5. The molecule has 1 heterocycles. The molecular formula is C16H17ClN2O3S. The molecule has 0 N–H and O–H groups in total. The van der Waals surface area contributed by atoms with Crippen molar-refractivity contribution < 1.29 is 9.53 Å². The van der Waals surface area contributed by atoms with Crippen LogP contribution in [0.2, 0.25) is 5.02 Å². The quantitative estimate of drug-likeness (QED) is 0.453. The Morgan fingerprint density at radius 3 is 2.74 bits per heavy atom. The van der Waals surface area contributed by atoms with Crippen molar-refractivity contribution in [2.75, 3.05) is 6.61 Å². The normalized spacial score (nSPS) is 10.6. The van der Waals surface area contributed by atoms with Crippen LogP contribution in [0.1, 0.15) is 29.8 Å². The molecule has 0 fully saturated rings. The summed E-state index contributed by atoms with van der Waals surface area (Å²) in [4.78, 5) is 28.4. The number of carbonyl (C=O) groups excluding carboxylic acids is 1. The van der Waals surface area contributed by atoms with Gasteiger partial charge in [0.25, 0.3) is 5.56 Å². The molecule has 0 radical (unpaired) electrons. The van der Waals surface area contributed by atoms with E-state index >= 15 is 0 Å². The van der Waals surface area contributed by atoms with E-state index < -0.39 is 5.97 Å². The number of aromatic nitrogens is 2. The molecule has 0 aliphatic carbocycles. The Labute approximate surface area is 143 Å². The minimum atomic E-state index is -0.644. The molecule has 0 spiro atoms. The topological polar surface area (TPSA) is 61.2 Å². The summed E-state index contributed by atoms with van der Waals surface area (Å²) in [6.07, 6.45) is 1.28. The molecule has 7 heteroatoms. The van der Waals surface area contributed by atoms with Crippen molar-refractivity contribution in [3.63, 3.8) is 0 Å². The highest BCUT2D eigenvalue weighted by molar-refractivity contribution is 7.98. The maximum atomic E-state index is 12.4. The molecule has 0 aliphatic rings. The molecule has 0 amide bonds. The number of thioether (sulfide) groups is 1. The van der Waals surface area contributed by atoms with Crippen LogP contribution in [-0.4, -0.2) is 22.1 Å².